The molecule has 0 amide bonds. The fraction of sp³-hybridized carbons (Fsp3) is 0.357. The largest absolute Gasteiger partial charge is 0.460 e. The highest BCUT2D eigenvalue weighted by Crippen LogP contribution is 2.41. The molecule has 1 aromatic carbocycles. The van der Waals surface area contributed by atoms with Gasteiger partial charge < -0.3 is 9.15 Å². The lowest BCUT2D eigenvalue weighted by molar-refractivity contribution is 0.0492. The Morgan fingerprint density at radius 2 is 2.22 bits per heavy atom. The molecule has 94 valence electrons. The predicted molar refractivity (Wildman–Crippen MR) is 64.1 cm³/mol. The minimum absolute atomic E-state index is 0.0543. The molecule has 1 heterocycles. The van der Waals surface area contributed by atoms with Crippen molar-refractivity contribution in [2.75, 3.05) is 6.61 Å². The van der Waals surface area contributed by atoms with E-state index < -0.39 is 11.8 Å². The third-order valence-electron chi connectivity index (χ3n) is 3.12. The van der Waals surface area contributed by atoms with Crippen LogP contribution in [0, 0.1) is 5.82 Å². The number of halogens is 1. The molecule has 0 radical (unpaired) electrons. The smallest absolute Gasteiger partial charge is 0.374 e. The minimum atomic E-state index is -0.555. The third-order valence-corrected chi connectivity index (χ3v) is 3.12. The zero-order chi connectivity index (χ0) is 12.7. The quantitative estimate of drug-likeness (QED) is 0.779. The maximum absolute atomic E-state index is 13.9. The first-order chi connectivity index (χ1) is 8.69. The van der Waals surface area contributed by atoms with Gasteiger partial charge in [0, 0.05) is 5.39 Å². The van der Waals surface area contributed by atoms with E-state index in [1.165, 1.54) is 6.07 Å². The van der Waals surface area contributed by atoms with Crippen LogP contribution in [0.4, 0.5) is 4.39 Å². The zero-order valence-corrected chi connectivity index (χ0v) is 10.0. The van der Waals surface area contributed by atoms with Crippen molar-refractivity contribution in [3.05, 3.63) is 35.3 Å². The fourth-order valence-electron chi connectivity index (χ4n) is 2.09. The zero-order valence-electron chi connectivity index (χ0n) is 10.0. The van der Waals surface area contributed by atoms with Crippen LogP contribution < -0.4 is 0 Å². The van der Waals surface area contributed by atoms with E-state index in [9.17, 15) is 9.18 Å². The number of carbonyl (C=O) groups excluding carboxylic acids is 1. The van der Waals surface area contributed by atoms with Crippen LogP contribution in [-0.4, -0.2) is 12.6 Å². The van der Waals surface area contributed by atoms with Crippen molar-refractivity contribution >= 4 is 16.9 Å². The molecule has 18 heavy (non-hydrogen) atoms. The first-order valence-corrected chi connectivity index (χ1v) is 6.09. The van der Waals surface area contributed by atoms with Crippen molar-refractivity contribution in [3.8, 4) is 0 Å². The fourth-order valence-corrected chi connectivity index (χ4v) is 2.09. The number of hydrogen-bond acceptors (Lipinski definition) is 3. The number of furan rings is 1. The molecule has 3 rings (SSSR count). The van der Waals surface area contributed by atoms with Gasteiger partial charge in [0.1, 0.15) is 0 Å². The van der Waals surface area contributed by atoms with Crippen molar-refractivity contribution in [1.82, 2.24) is 0 Å². The molecule has 1 aliphatic rings. The molecule has 1 aromatic heterocycles. The highest BCUT2D eigenvalue weighted by atomic mass is 19.1. The summed E-state index contributed by atoms with van der Waals surface area (Å²) in [6, 6.07) is 4.93. The van der Waals surface area contributed by atoms with E-state index in [4.69, 9.17) is 9.15 Å². The summed E-state index contributed by atoms with van der Waals surface area (Å²) in [5.41, 5.74) is 1.11. The van der Waals surface area contributed by atoms with Gasteiger partial charge in [-0.2, -0.15) is 0 Å². The van der Waals surface area contributed by atoms with Crippen molar-refractivity contribution in [1.29, 1.82) is 0 Å². The van der Waals surface area contributed by atoms with Gasteiger partial charge in [0.05, 0.1) is 6.61 Å². The summed E-state index contributed by atoms with van der Waals surface area (Å²) in [6.07, 6.45) is 2.21. The lowest BCUT2D eigenvalue weighted by Gasteiger charge is -1.98. The Morgan fingerprint density at radius 1 is 1.44 bits per heavy atom. The molecular weight excluding hydrogens is 235 g/mol. The molecule has 0 saturated heterocycles. The van der Waals surface area contributed by atoms with Gasteiger partial charge in [-0.1, -0.05) is 0 Å². The van der Waals surface area contributed by atoms with Gasteiger partial charge in [-0.3, -0.25) is 0 Å². The molecule has 0 spiro atoms. The molecular formula is C14H13FO3. The summed E-state index contributed by atoms with van der Waals surface area (Å²) < 4.78 is 23.9. The normalized spacial score (nSPS) is 15.0. The van der Waals surface area contributed by atoms with Crippen molar-refractivity contribution < 1.29 is 18.3 Å². The van der Waals surface area contributed by atoms with Gasteiger partial charge in [-0.15, -0.1) is 0 Å². The number of carbonyl (C=O) groups is 1. The molecule has 0 atom stereocenters. The summed E-state index contributed by atoms with van der Waals surface area (Å²) in [4.78, 5) is 11.5. The number of fused-ring (bicyclic) bond motifs is 1. The molecule has 0 unspecified atom stereocenters. The van der Waals surface area contributed by atoms with Crippen LogP contribution in [0.1, 0.15) is 41.8 Å². The van der Waals surface area contributed by atoms with Gasteiger partial charge in [0.25, 0.3) is 0 Å². The van der Waals surface area contributed by atoms with E-state index in [0.717, 1.165) is 18.4 Å². The number of esters is 1. The Morgan fingerprint density at radius 3 is 2.89 bits per heavy atom. The topological polar surface area (TPSA) is 39.4 Å². The van der Waals surface area contributed by atoms with E-state index in [1.807, 2.05) is 6.07 Å². The molecule has 0 aliphatic heterocycles. The lowest BCUT2D eigenvalue weighted by atomic mass is 10.1. The van der Waals surface area contributed by atoms with Crippen LogP contribution in [0.5, 0.6) is 0 Å². The molecule has 1 saturated carbocycles. The molecule has 1 fully saturated rings. The molecule has 1 aliphatic carbocycles. The van der Waals surface area contributed by atoms with Crippen LogP contribution in [0.25, 0.3) is 11.0 Å². The molecule has 0 bridgehead atoms. The first-order valence-electron chi connectivity index (χ1n) is 6.09. The molecule has 2 aromatic rings. The van der Waals surface area contributed by atoms with E-state index in [2.05, 4.69) is 0 Å². The Balaban J connectivity index is 2.05. The van der Waals surface area contributed by atoms with Crippen LogP contribution in [0.15, 0.2) is 22.6 Å². The highest BCUT2D eigenvalue weighted by molar-refractivity contribution is 5.93. The number of benzene rings is 1. The Labute approximate surface area is 104 Å². The standard InChI is InChI=1S/C14H13FO3/c1-2-17-14(16)12-7-10-5-9(8-3-4-8)6-11(15)13(10)18-12/h5-8H,2-4H2,1H3. The van der Waals surface area contributed by atoms with Gasteiger partial charge in [-0.05, 0) is 49.4 Å². The third kappa shape index (κ3) is 1.88. The number of hydrogen-bond donors (Lipinski definition) is 0. The van der Waals surface area contributed by atoms with E-state index in [1.54, 1.807) is 13.0 Å². The maximum atomic E-state index is 13.9. The Kier molecular flexibility index (Phi) is 2.58. The van der Waals surface area contributed by atoms with Crippen LogP contribution in [-0.2, 0) is 4.74 Å². The summed E-state index contributed by atoms with van der Waals surface area (Å²) in [5, 5.41) is 0.625. The average Bonchev–Trinajstić information content (AvgIpc) is 3.09. The summed E-state index contributed by atoms with van der Waals surface area (Å²) >= 11 is 0. The van der Waals surface area contributed by atoms with Crippen LogP contribution >= 0.6 is 0 Å². The summed E-state index contributed by atoms with van der Waals surface area (Å²) in [6.45, 7) is 1.98. The summed E-state index contributed by atoms with van der Waals surface area (Å²) in [5.74, 6) is -0.449. The average molecular weight is 248 g/mol. The Hall–Kier alpha value is -1.84. The molecule has 3 nitrogen and oxygen atoms in total. The predicted octanol–water partition coefficient (Wildman–Crippen LogP) is 3.63. The molecule has 4 heteroatoms. The van der Waals surface area contributed by atoms with E-state index in [-0.39, 0.29) is 18.0 Å². The maximum Gasteiger partial charge on any atom is 0.374 e. The number of rotatable bonds is 3. The SMILES string of the molecule is CCOC(=O)c1cc2cc(C3CC3)cc(F)c2o1. The second-order valence-corrected chi connectivity index (χ2v) is 4.53. The van der Waals surface area contributed by atoms with Gasteiger partial charge in [0.15, 0.2) is 11.4 Å². The minimum Gasteiger partial charge on any atom is -0.460 e. The van der Waals surface area contributed by atoms with Gasteiger partial charge in [0.2, 0.25) is 5.76 Å². The molecule has 0 N–H and O–H groups in total. The summed E-state index contributed by atoms with van der Waals surface area (Å²) in [7, 11) is 0. The van der Waals surface area contributed by atoms with Crippen LogP contribution in [0.3, 0.4) is 0 Å². The van der Waals surface area contributed by atoms with E-state index in [0.29, 0.717) is 11.3 Å². The lowest BCUT2D eigenvalue weighted by Crippen LogP contribution is -2.02. The van der Waals surface area contributed by atoms with Gasteiger partial charge >= 0.3 is 5.97 Å². The second kappa shape index (κ2) is 4.12. The van der Waals surface area contributed by atoms with E-state index >= 15 is 0 Å². The van der Waals surface area contributed by atoms with Crippen molar-refractivity contribution in [2.24, 2.45) is 0 Å². The monoisotopic (exact) mass is 248 g/mol. The second-order valence-electron chi connectivity index (χ2n) is 4.53. The van der Waals surface area contributed by atoms with Crippen molar-refractivity contribution in [3.63, 3.8) is 0 Å². The van der Waals surface area contributed by atoms with Crippen molar-refractivity contribution in [2.45, 2.75) is 25.7 Å². The van der Waals surface area contributed by atoms with Gasteiger partial charge in [-0.25, -0.2) is 9.18 Å². The first kappa shape index (κ1) is 11.3. The van der Waals surface area contributed by atoms with Crippen LogP contribution in [0.2, 0.25) is 0 Å². The number of ether oxygens (including phenoxy) is 1. The highest BCUT2D eigenvalue weighted by Gasteiger charge is 2.26. The Bertz CT molecular complexity index is 611.